The molecule has 6 heteroatoms. The number of nitrogens with zero attached hydrogens (tertiary/aromatic N) is 1. The first-order valence-corrected chi connectivity index (χ1v) is 10.2. The largest absolute Gasteiger partial charge is 0.359 e. The monoisotopic (exact) mass is 393 g/mol. The Morgan fingerprint density at radius 3 is 2.55 bits per heavy atom. The number of carbonyl (C=O) groups excluding carboxylic acids is 2. The van der Waals surface area contributed by atoms with Crippen molar-refractivity contribution in [2.75, 3.05) is 10.2 Å². The van der Waals surface area contributed by atoms with Gasteiger partial charge in [-0.2, -0.15) is 0 Å². The Hall–Kier alpha value is -2.86. The maximum Gasteiger partial charge on any atom is 0.329 e. The molecule has 1 aliphatic carbocycles. The summed E-state index contributed by atoms with van der Waals surface area (Å²) in [6.07, 6.45) is 5.05. The molecule has 6 nitrogen and oxygen atoms in total. The van der Waals surface area contributed by atoms with E-state index in [4.69, 9.17) is 0 Å². The minimum atomic E-state index is -2.13. The fourth-order valence-electron chi connectivity index (χ4n) is 4.26. The number of anilines is 2. The molecule has 1 fully saturated rings. The van der Waals surface area contributed by atoms with Crippen LogP contribution in [0.4, 0.5) is 16.2 Å². The van der Waals surface area contributed by atoms with Gasteiger partial charge in [-0.3, -0.25) is 9.69 Å². The number of carbonyl (C=O) groups is 2. The minimum Gasteiger partial charge on any atom is -0.359 e. The molecule has 3 N–H and O–H groups in total. The van der Waals surface area contributed by atoms with Crippen LogP contribution in [0.2, 0.25) is 0 Å². The number of rotatable bonds is 3. The standard InChI is InChI=1S/C23H27N3O3/c1-15-12-13-18(14-16(15)2)26-22(28)25-20-11-7-6-10-19(20)23(26,29)21(27)24-17-8-4-3-5-9-17/h6-7,10-14,17,29H,3-5,8-9H2,1-2H3,(H,24,27)(H,25,28)/t23-/m1/s1. The Morgan fingerprint density at radius 2 is 1.83 bits per heavy atom. The van der Waals surface area contributed by atoms with Gasteiger partial charge in [-0.05, 0) is 56.0 Å². The van der Waals surface area contributed by atoms with Crippen molar-refractivity contribution in [3.05, 3.63) is 59.2 Å². The van der Waals surface area contributed by atoms with Crippen molar-refractivity contribution < 1.29 is 14.7 Å². The van der Waals surface area contributed by atoms with E-state index < -0.39 is 17.7 Å². The van der Waals surface area contributed by atoms with Gasteiger partial charge in [0, 0.05) is 17.3 Å². The van der Waals surface area contributed by atoms with Crippen molar-refractivity contribution in [3.63, 3.8) is 0 Å². The molecule has 0 aromatic heterocycles. The number of hydrogen-bond acceptors (Lipinski definition) is 3. The number of benzene rings is 2. The predicted molar refractivity (Wildman–Crippen MR) is 113 cm³/mol. The number of hydrogen-bond donors (Lipinski definition) is 3. The van der Waals surface area contributed by atoms with Crippen molar-refractivity contribution in [1.82, 2.24) is 5.32 Å². The second kappa shape index (κ2) is 7.52. The molecule has 0 saturated heterocycles. The quantitative estimate of drug-likeness (QED) is 0.738. The highest BCUT2D eigenvalue weighted by atomic mass is 16.3. The molecule has 1 aliphatic heterocycles. The molecule has 29 heavy (non-hydrogen) atoms. The van der Waals surface area contributed by atoms with Crippen LogP contribution in [0.1, 0.15) is 48.8 Å². The molecule has 152 valence electrons. The lowest BCUT2D eigenvalue weighted by atomic mass is 9.92. The Bertz CT molecular complexity index is 952. The first kappa shape index (κ1) is 19.5. The molecule has 1 heterocycles. The number of urea groups is 1. The fourth-order valence-corrected chi connectivity index (χ4v) is 4.26. The van der Waals surface area contributed by atoms with Gasteiger partial charge < -0.3 is 15.7 Å². The average molecular weight is 393 g/mol. The van der Waals surface area contributed by atoms with Crippen LogP contribution < -0.4 is 15.5 Å². The van der Waals surface area contributed by atoms with Crippen molar-refractivity contribution >= 4 is 23.3 Å². The van der Waals surface area contributed by atoms with Gasteiger partial charge in [-0.1, -0.05) is 43.5 Å². The van der Waals surface area contributed by atoms with Crippen LogP contribution in [0.25, 0.3) is 0 Å². The number of nitrogens with one attached hydrogen (secondary N) is 2. The van der Waals surface area contributed by atoms with Gasteiger partial charge in [-0.15, -0.1) is 0 Å². The average Bonchev–Trinajstić information content (AvgIpc) is 2.71. The Labute approximate surface area is 170 Å². The molecule has 1 atom stereocenters. The van der Waals surface area contributed by atoms with Crippen LogP contribution in [0, 0.1) is 13.8 Å². The summed E-state index contributed by atoms with van der Waals surface area (Å²) in [6.45, 7) is 3.92. The molecular weight excluding hydrogens is 366 g/mol. The van der Waals surface area contributed by atoms with Gasteiger partial charge in [0.1, 0.15) is 0 Å². The summed E-state index contributed by atoms with van der Waals surface area (Å²) in [5, 5.41) is 17.6. The van der Waals surface area contributed by atoms with Gasteiger partial charge in [0.25, 0.3) is 11.6 Å². The summed E-state index contributed by atoms with van der Waals surface area (Å²) in [7, 11) is 0. The van der Waals surface area contributed by atoms with E-state index in [1.165, 1.54) is 4.90 Å². The highest BCUT2D eigenvalue weighted by Gasteiger charge is 2.52. The normalized spacial score (nSPS) is 22.0. The number of fused-ring (bicyclic) bond motifs is 1. The van der Waals surface area contributed by atoms with Crippen LogP contribution in [0.15, 0.2) is 42.5 Å². The molecule has 3 amide bonds. The molecule has 0 radical (unpaired) electrons. The predicted octanol–water partition coefficient (Wildman–Crippen LogP) is 3.95. The zero-order chi connectivity index (χ0) is 20.6. The maximum absolute atomic E-state index is 13.4. The molecule has 1 saturated carbocycles. The van der Waals surface area contributed by atoms with Gasteiger partial charge in [0.05, 0.1) is 5.69 Å². The summed E-state index contributed by atoms with van der Waals surface area (Å²) in [5.74, 6) is -0.565. The SMILES string of the molecule is Cc1ccc(N2C(=O)Nc3ccccc3[C@@]2(O)C(=O)NC2CCCCC2)cc1C. The Morgan fingerprint density at radius 1 is 1.10 bits per heavy atom. The van der Waals surface area contributed by atoms with Gasteiger partial charge in [0.2, 0.25) is 0 Å². The van der Waals surface area contributed by atoms with Crippen LogP contribution in [0.5, 0.6) is 0 Å². The summed E-state index contributed by atoms with van der Waals surface area (Å²) >= 11 is 0. The van der Waals surface area contributed by atoms with Crippen LogP contribution >= 0.6 is 0 Å². The van der Waals surface area contributed by atoms with Crippen molar-refractivity contribution in [1.29, 1.82) is 0 Å². The van der Waals surface area contributed by atoms with Crippen molar-refractivity contribution in [2.24, 2.45) is 0 Å². The van der Waals surface area contributed by atoms with E-state index in [0.29, 0.717) is 16.9 Å². The van der Waals surface area contributed by atoms with E-state index in [1.54, 1.807) is 30.3 Å². The molecule has 2 aromatic rings. The number of aryl methyl sites for hydroxylation is 2. The highest BCUT2D eigenvalue weighted by molar-refractivity contribution is 6.11. The smallest absolute Gasteiger partial charge is 0.329 e. The zero-order valence-corrected chi connectivity index (χ0v) is 16.9. The number of amides is 3. The van der Waals surface area contributed by atoms with E-state index >= 15 is 0 Å². The number of aliphatic hydroxyl groups is 1. The third kappa shape index (κ3) is 3.38. The van der Waals surface area contributed by atoms with Gasteiger partial charge in [0.15, 0.2) is 0 Å². The van der Waals surface area contributed by atoms with Crippen molar-refractivity contribution in [3.8, 4) is 0 Å². The maximum atomic E-state index is 13.4. The molecule has 0 unspecified atom stereocenters. The Kier molecular flexibility index (Phi) is 5.04. The highest BCUT2D eigenvalue weighted by Crippen LogP contribution is 2.40. The summed E-state index contributed by atoms with van der Waals surface area (Å²) in [6, 6.07) is 11.9. The second-order valence-corrected chi connectivity index (χ2v) is 8.06. The minimum absolute atomic E-state index is 0.0130. The number of para-hydroxylation sites is 1. The van der Waals surface area contributed by atoms with Crippen LogP contribution in [-0.2, 0) is 10.5 Å². The third-order valence-electron chi connectivity index (χ3n) is 6.08. The van der Waals surface area contributed by atoms with E-state index in [9.17, 15) is 14.7 Å². The molecule has 0 spiro atoms. The third-order valence-corrected chi connectivity index (χ3v) is 6.08. The zero-order valence-electron chi connectivity index (χ0n) is 16.9. The molecule has 2 aromatic carbocycles. The molecule has 4 rings (SSSR count). The van der Waals surface area contributed by atoms with Crippen molar-refractivity contribution in [2.45, 2.75) is 57.7 Å². The second-order valence-electron chi connectivity index (χ2n) is 8.06. The fraction of sp³-hybridized carbons (Fsp3) is 0.391. The lowest BCUT2D eigenvalue weighted by Gasteiger charge is -2.43. The topological polar surface area (TPSA) is 81.7 Å². The van der Waals surface area contributed by atoms with E-state index in [0.717, 1.165) is 43.2 Å². The van der Waals surface area contributed by atoms with Gasteiger partial charge >= 0.3 is 6.03 Å². The Balaban J connectivity index is 1.80. The molecular formula is C23H27N3O3. The molecule has 2 aliphatic rings. The lowest BCUT2D eigenvalue weighted by molar-refractivity contribution is -0.141. The van der Waals surface area contributed by atoms with E-state index in [2.05, 4.69) is 10.6 Å². The molecule has 0 bridgehead atoms. The summed E-state index contributed by atoms with van der Waals surface area (Å²) < 4.78 is 0. The summed E-state index contributed by atoms with van der Waals surface area (Å²) in [4.78, 5) is 27.7. The van der Waals surface area contributed by atoms with Gasteiger partial charge in [-0.25, -0.2) is 4.79 Å². The van der Waals surface area contributed by atoms with Crippen LogP contribution in [0.3, 0.4) is 0 Å². The van der Waals surface area contributed by atoms with Crippen LogP contribution in [-0.4, -0.2) is 23.1 Å². The first-order valence-electron chi connectivity index (χ1n) is 10.2. The summed E-state index contributed by atoms with van der Waals surface area (Å²) in [5.41, 5.74) is 1.20. The van der Waals surface area contributed by atoms with E-state index in [1.807, 2.05) is 26.0 Å². The first-order chi connectivity index (χ1) is 13.9. The van der Waals surface area contributed by atoms with E-state index in [-0.39, 0.29) is 6.04 Å². The lowest BCUT2D eigenvalue weighted by Crippen LogP contribution is -2.63.